The average molecular weight is 217 g/mol. The minimum Gasteiger partial charge on any atom is -0.302 e. The molecule has 1 amide bonds. The van der Waals surface area contributed by atoms with E-state index >= 15 is 0 Å². The molecule has 0 saturated heterocycles. The Balaban J connectivity index is 2.24. The largest absolute Gasteiger partial charge is 0.302 e. The van der Waals surface area contributed by atoms with Crippen molar-refractivity contribution in [2.75, 3.05) is 5.32 Å². The van der Waals surface area contributed by atoms with Crippen LogP contribution in [0.4, 0.5) is 5.13 Å². The third-order valence-corrected chi connectivity index (χ3v) is 2.53. The van der Waals surface area contributed by atoms with Gasteiger partial charge < -0.3 is 5.32 Å². The first kappa shape index (κ1) is 9.86. The van der Waals surface area contributed by atoms with Crippen LogP contribution in [0.2, 0.25) is 0 Å². The van der Waals surface area contributed by atoms with Gasteiger partial charge in [0, 0.05) is 17.9 Å². The maximum absolute atomic E-state index is 10.8. The summed E-state index contributed by atoms with van der Waals surface area (Å²) >= 11 is 1.41. The van der Waals surface area contributed by atoms with Crippen molar-refractivity contribution in [3.8, 4) is 11.3 Å². The lowest BCUT2D eigenvalue weighted by molar-refractivity contribution is -0.114. The molecular formula is C11H9N2OS. The smallest absolute Gasteiger partial charge is 0.223 e. The number of nitrogens with zero attached hydrogens (tertiary/aromatic N) is 1. The SMILES string of the molecule is CC(=O)Nc1nc(-c2[c]cccc2)cs1. The van der Waals surface area contributed by atoms with Crippen LogP contribution < -0.4 is 5.32 Å². The second kappa shape index (κ2) is 4.23. The van der Waals surface area contributed by atoms with E-state index < -0.39 is 0 Å². The summed E-state index contributed by atoms with van der Waals surface area (Å²) in [5.41, 5.74) is 1.77. The number of carbonyl (C=O) groups excluding carboxylic acids is 1. The van der Waals surface area contributed by atoms with Gasteiger partial charge in [0.25, 0.3) is 0 Å². The van der Waals surface area contributed by atoms with E-state index in [-0.39, 0.29) is 5.91 Å². The third kappa shape index (κ3) is 2.41. The highest BCUT2D eigenvalue weighted by Crippen LogP contribution is 2.23. The number of benzene rings is 1. The van der Waals surface area contributed by atoms with Crippen molar-refractivity contribution in [2.24, 2.45) is 0 Å². The first-order chi connectivity index (χ1) is 7.25. The first-order valence-electron chi connectivity index (χ1n) is 4.46. The number of carbonyl (C=O) groups is 1. The quantitative estimate of drug-likeness (QED) is 0.840. The maximum atomic E-state index is 10.8. The van der Waals surface area contributed by atoms with Crippen LogP contribution in [-0.4, -0.2) is 10.9 Å². The van der Waals surface area contributed by atoms with Crippen LogP contribution in [0, 0.1) is 6.07 Å². The lowest BCUT2D eigenvalue weighted by atomic mass is 10.2. The Morgan fingerprint density at radius 3 is 3.07 bits per heavy atom. The first-order valence-corrected chi connectivity index (χ1v) is 5.34. The summed E-state index contributed by atoms with van der Waals surface area (Å²) in [4.78, 5) is 15.1. The van der Waals surface area contributed by atoms with Crippen LogP contribution >= 0.6 is 11.3 Å². The summed E-state index contributed by atoms with van der Waals surface area (Å²) in [6.07, 6.45) is 0. The summed E-state index contributed by atoms with van der Waals surface area (Å²) in [6, 6.07) is 10.7. The third-order valence-electron chi connectivity index (χ3n) is 1.77. The Morgan fingerprint density at radius 2 is 2.40 bits per heavy atom. The van der Waals surface area contributed by atoms with Gasteiger partial charge in [-0.2, -0.15) is 0 Å². The highest BCUT2D eigenvalue weighted by atomic mass is 32.1. The van der Waals surface area contributed by atoms with Crippen LogP contribution in [0.3, 0.4) is 0 Å². The second-order valence-electron chi connectivity index (χ2n) is 3.00. The van der Waals surface area contributed by atoms with Gasteiger partial charge in [-0.1, -0.05) is 24.3 Å². The molecule has 0 aliphatic rings. The van der Waals surface area contributed by atoms with Crippen molar-refractivity contribution < 1.29 is 4.79 Å². The number of hydrogen-bond acceptors (Lipinski definition) is 3. The number of rotatable bonds is 2. The van der Waals surface area contributed by atoms with Crippen LogP contribution in [0.15, 0.2) is 29.6 Å². The number of anilines is 1. The van der Waals surface area contributed by atoms with Crippen molar-refractivity contribution in [1.82, 2.24) is 4.98 Å². The molecule has 1 aromatic carbocycles. The fraction of sp³-hybridized carbons (Fsp3) is 0.0909. The number of aromatic nitrogens is 1. The molecular weight excluding hydrogens is 208 g/mol. The summed E-state index contributed by atoms with van der Waals surface area (Å²) in [5, 5.41) is 5.17. The van der Waals surface area contributed by atoms with Crippen LogP contribution in [0.1, 0.15) is 6.92 Å². The van der Waals surface area contributed by atoms with Gasteiger partial charge in [-0.05, 0) is 6.07 Å². The zero-order valence-electron chi connectivity index (χ0n) is 8.15. The lowest BCUT2D eigenvalue weighted by Gasteiger charge is -1.95. The average Bonchev–Trinajstić information content (AvgIpc) is 2.67. The topological polar surface area (TPSA) is 42.0 Å². The maximum Gasteiger partial charge on any atom is 0.223 e. The van der Waals surface area contributed by atoms with Gasteiger partial charge in [-0.3, -0.25) is 4.79 Å². The minimum absolute atomic E-state index is 0.104. The van der Waals surface area contributed by atoms with Gasteiger partial charge in [0.05, 0.1) is 5.69 Å². The molecule has 2 aromatic rings. The molecule has 0 aliphatic carbocycles. The summed E-state index contributed by atoms with van der Waals surface area (Å²) in [6.45, 7) is 1.47. The minimum atomic E-state index is -0.104. The summed E-state index contributed by atoms with van der Waals surface area (Å²) in [5.74, 6) is -0.104. The molecule has 15 heavy (non-hydrogen) atoms. The van der Waals surface area contributed by atoms with E-state index in [0.29, 0.717) is 5.13 Å². The molecule has 1 heterocycles. The molecule has 1 N–H and O–H groups in total. The van der Waals surface area contributed by atoms with E-state index in [1.165, 1.54) is 18.3 Å². The van der Waals surface area contributed by atoms with Gasteiger partial charge in [0.1, 0.15) is 0 Å². The Labute approximate surface area is 91.8 Å². The molecule has 0 saturated carbocycles. The van der Waals surface area contributed by atoms with Gasteiger partial charge >= 0.3 is 0 Å². The molecule has 2 rings (SSSR count). The van der Waals surface area contributed by atoms with Gasteiger partial charge in [0.2, 0.25) is 5.91 Å². The van der Waals surface area contributed by atoms with Crippen molar-refractivity contribution in [3.63, 3.8) is 0 Å². The van der Waals surface area contributed by atoms with E-state index in [2.05, 4.69) is 16.4 Å². The Bertz CT molecular complexity index is 464. The normalized spacial score (nSPS) is 9.93. The monoisotopic (exact) mass is 217 g/mol. The van der Waals surface area contributed by atoms with Crippen molar-refractivity contribution >= 4 is 22.4 Å². The number of hydrogen-bond donors (Lipinski definition) is 1. The highest BCUT2D eigenvalue weighted by Gasteiger charge is 2.04. The van der Waals surface area contributed by atoms with E-state index in [0.717, 1.165) is 11.3 Å². The Morgan fingerprint density at radius 1 is 1.53 bits per heavy atom. The Kier molecular flexibility index (Phi) is 2.78. The van der Waals surface area contributed by atoms with Crippen molar-refractivity contribution in [1.29, 1.82) is 0 Å². The van der Waals surface area contributed by atoms with E-state index in [4.69, 9.17) is 0 Å². The molecule has 3 nitrogen and oxygen atoms in total. The Hall–Kier alpha value is -1.68. The number of amides is 1. The summed E-state index contributed by atoms with van der Waals surface area (Å²) in [7, 11) is 0. The van der Waals surface area contributed by atoms with Gasteiger partial charge in [-0.15, -0.1) is 11.3 Å². The van der Waals surface area contributed by atoms with Crippen molar-refractivity contribution in [2.45, 2.75) is 6.92 Å². The van der Waals surface area contributed by atoms with Crippen LogP contribution in [-0.2, 0) is 4.79 Å². The van der Waals surface area contributed by atoms with E-state index in [1.54, 1.807) is 0 Å². The van der Waals surface area contributed by atoms with Crippen molar-refractivity contribution in [3.05, 3.63) is 35.7 Å². The predicted octanol–water partition coefficient (Wildman–Crippen LogP) is 2.57. The molecule has 0 spiro atoms. The van der Waals surface area contributed by atoms with Gasteiger partial charge in [0.15, 0.2) is 5.13 Å². The molecule has 0 aliphatic heterocycles. The molecule has 0 unspecified atom stereocenters. The fourth-order valence-electron chi connectivity index (χ4n) is 1.16. The molecule has 4 heteroatoms. The predicted molar refractivity (Wildman–Crippen MR) is 60.7 cm³/mol. The molecule has 0 fully saturated rings. The standard InChI is InChI=1S/C11H9N2OS/c1-8(14)12-11-13-10(7-15-11)9-5-3-2-4-6-9/h2-5,7H,1H3,(H,12,13,14). The molecule has 1 radical (unpaired) electrons. The number of nitrogens with one attached hydrogen (secondary N) is 1. The molecule has 0 bridgehead atoms. The molecule has 1 aromatic heterocycles. The van der Waals surface area contributed by atoms with E-state index in [1.807, 2.05) is 29.6 Å². The fourth-order valence-corrected chi connectivity index (χ4v) is 1.91. The summed E-state index contributed by atoms with van der Waals surface area (Å²) < 4.78 is 0. The lowest BCUT2D eigenvalue weighted by Crippen LogP contribution is -2.04. The van der Waals surface area contributed by atoms with Gasteiger partial charge in [-0.25, -0.2) is 4.98 Å². The van der Waals surface area contributed by atoms with Crippen LogP contribution in [0.5, 0.6) is 0 Å². The zero-order valence-corrected chi connectivity index (χ0v) is 8.97. The zero-order chi connectivity index (χ0) is 10.7. The molecule has 75 valence electrons. The second-order valence-corrected chi connectivity index (χ2v) is 3.85. The van der Waals surface area contributed by atoms with Crippen LogP contribution in [0.25, 0.3) is 11.3 Å². The van der Waals surface area contributed by atoms with E-state index in [9.17, 15) is 4.79 Å². The number of thiazole rings is 1. The highest BCUT2D eigenvalue weighted by molar-refractivity contribution is 7.14. The molecule has 0 atom stereocenters.